The smallest absolute Gasteiger partial charge is 0.327 e. The van der Waals surface area contributed by atoms with Crippen LogP contribution in [0, 0.1) is 0 Å². The number of carboxylic acid groups (broad SMARTS) is 1. The number of hydrogen-bond acceptors (Lipinski definition) is 6. The van der Waals surface area contributed by atoms with E-state index in [0.717, 1.165) is 34.0 Å². The van der Waals surface area contributed by atoms with Crippen molar-refractivity contribution in [3.05, 3.63) is 147 Å². The van der Waals surface area contributed by atoms with Gasteiger partial charge < -0.3 is 9.84 Å². The molecule has 1 unspecified atom stereocenters. The van der Waals surface area contributed by atoms with Crippen LogP contribution in [0.15, 0.2) is 114 Å². The van der Waals surface area contributed by atoms with E-state index in [2.05, 4.69) is 0 Å². The molecule has 0 bridgehead atoms. The van der Waals surface area contributed by atoms with Gasteiger partial charge in [0.05, 0.1) is 4.91 Å². The quantitative estimate of drug-likeness (QED) is 0.102. The van der Waals surface area contributed by atoms with Gasteiger partial charge in [-0.1, -0.05) is 108 Å². The average Bonchev–Trinajstić information content (AvgIpc) is 3.31. The summed E-state index contributed by atoms with van der Waals surface area (Å²) in [7, 11) is 0. The first-order chi connectivity index (χ1) is 21.3. The third-order valence-corrected chi connectivity index (χ3v) is 8.39. The zero-order valence-corrected chi connectivity index (χ0v) is 25.6. The molecule has 44 heavy (non-hydrogen) atoms. The Balaban J connectivity index is 1.19. The molecule has 9 heteroatoms. The molecule has 0 spiro atoms. The molecule has 0 aliphatic carbocycles. The van der Waals surface area contributed by atoms with Gasteiger partial charge in [0.1, 0.15) is 22.7 Å². The molecule has 6 nitrogen and oxygen atoms in total. The zero-order chi connectivity index (χ0) is 31.1. The van der Waals surface area contributed by atoms with Gasteiger partial charge in [-0.3, -0.25) is 14.5 Å². The van der Waals surface area contributed by atoms with E-state index < -0.39 is 17.9 Å². The Morgan fingerprint density at radius 2 is 1.55 bits per heavy atom. The first-order valence-electron chi connectivity index (χ1n) is 13.6. The van der Waals surface area contributed by atoms with E-state index in [0.29, 0.717) is 27.8 Å². The monoisotopic (exact) mass is 639 g/mol. The summed E-state index contributed by atoms with van der Waals surface area (Å²) in [5.41, 5.74) is 3.88. The molecule has 0 saturated carbocycles. The van der Waals surface area contributed by atoms with Gasteiger partial charge in [0.25, 0.3) is 5.91 Å². The normalized spacial score (nSPS) is 14.8. The number of halogens is 1. The van der Waals surface area contributed by atoms with Gasteiger partial charge in [0.2, 0.25) is 0 Å². The Kier molecular flexibility index (Phi) is 10.1. The van der Waals surface area contributed by atoms with Gasteiger partial charge in [0.15, 0.2) is 5.78 Å². The largest absolute Gasteiger partial charge is 0.489 e. The molecular formula is C35H26ClNO5S2. The summed E-state index contributed by atoms with van der Waals surface area (Å²) in [6, 6.07) is 29.7. The fourth-order valence-corrected chi connectivity index (χ4v) is 5.94. The lowest BCUT2D eigenvalue weighted by Crippen LogP contribution is -2.45. The van der Waals surface area contributed by atoms with Crippen LogP contribution in [0.3, 0.4) is 0 Å². The van der Waals surface area contributed by atoms with E-state index in [-0.39, 0.29) is 16.5 Å². The number of allylic oxidation sites excluding steroid dienone is 1. The molecule has 1 aliphatic heterocycles. The van der Waals surface area contributed by atoms with Gasteiger partial charge in [-0.2, -0.15) is 0 Å². The number of carbonyl (C=O) groups is 3. The molecule has 1 fully saturated rings. The highest BCUT2D eigenvalue weighted by molar-refractivity contribution is 8.26. The molecule has 1 aliphatic rings. The van der Waals surface area contributed by atoms with Crippen LogP contribution in [0.1, 0.15) is 32.6 Å². The number of thiocarbonyl (C=S) groups is 1. The van der Waals surface area contributed by atoms with Crippen molar-refractivity contribution < 1.29 is 24.2 Å². The van der Waals surface area contributed by atoms with E-state index in [1.807, 2.05) is 78.9 Å². The Labute approximate surface area is 269 Å². The second kappa shape index (κ2) is 14.3. The maximum atomic E-state index is 13.2. The summed E-state index contributed by atoms with van der Waals surface area (Å²) < 4.78 is 6.00. The van der Waals surface area contributed by atoms with E-state index in [1.54, 1.807) is 36.4 Å². The molecule has 1 heterocycles. The van der Waals surface area contributed by atoms with Gasteiger partial charge >= 0.3 is 5.97 Å². The lowest BCUT2D eigenvalue weighted by Gasteiger charge is -2.23. The first-order valence-corrected chi connectivity index (χ1v) is 15.2. The Morgan fingerprint density at radius 3 is 2.20 bits per heavy atom. The Bertz CT molecular complexity index is 1740. The second-order valence-electron chi connectivity index (χ2n) is 9.90. The van der Waals surface area contributed by atoms with Crippen LogP contribution in [0.5, 0.6) is 5.75 Å². The number of rotatable bonds is 11. The molecule has 220 valence electrons. The topological polar surface area (TPSA) is 83.9 Å². The lowest BCUT2D eigenvalue weighted by molar-refractivity contribution is -0.145. The molecule has 1 N–H and O–H groups in total. The number of thioether (sulfide) groups is 1. The van der Waals surface area contributed by atoms with Gasteiger partial charge in [-0.15, -0.1) is 0 Å². The molecule has 4 aromatic rings. The maximum absolute atomic E-state index is 13.2. The van der Waals surface area contributed by atoms with E-state index >= 15 is 0 Å². The summed E-state index contributed by atoms with van der Waals surface area (Å²) in [6.07, 6.45) is 5.06. The molecular weight excluding hydrogens is 614 g/mol. The zero-order valence-electron chi connectivity index (χ0n) is 23.3. The number of nitrogens with zero attached hydrogens (tertiary/aromatic N) is 1. The minimum Gasteiger partial charge on any atom is -0.489 e. The molecule has 0 radical (unpaired) electrons. The molecule has 5 rings (SSSR count). The van der Waals surface area contributed by atoms with E-state index in [9.17, 15) is 19.5 Å². The molecule has 1 amide bonds. The van der Waals surface area contributed by atoms with Crippen LogP contribution < -0.4 is 4.74 Å². The van der Waals surface area contributed by atoms with Crippen LogP contribution in [0.25, 0.3) is 12.2 Å². The molecule has 1 atom stereocenters. The number of amides is 1. The highest BCUT2D eigenvalue weighted by atomic mass is 35.5. The minimum absolute atomic E-state index is 0.148. The number of benzene rings is 4. The van der Waals surface area contributed by atoms with Crippen LogP contribution in [-0.2, 0) is 22.6 Å². The number of ether oxygens (including phenoxy) is 1. The minimum atomic E-state index is -1.12. The first kappa shape index (κ1) is 30.9. The third kappa shape index (κ3) is 7.90. The summed E-state index contributed by atoms with van der Waals surface area (Å²) in [4.78, 5) is 39.5. The van der Waals surface area contributed by atoms with E-state index in [1.165, 1.54) is 11.0 Å². The van der Waals surface area contributed by atoms with Crippen molar-refractivity contribution in [3.63, 3.8) is 0 Å². The lowest BCUT2D eigenvalue weighted by atomic mass is 10.0. The van der Waals surface area contributed by atoms with Crippen molar-refractivity contribution >= 4 is 69.7 Å². The summed E-state index contributed by atoms with van der Waals surface area (Å²) in [6.45, 7) is 0.395. The van der Waals surface area contributed by atoms with Gasteiger partial charge in [0, 0.05) is 17.0 Å². The number of ketones is 1. The number of carbonyl (C=O) groups excluding carboxylic acids is 2. The van der Waals surface area contributed by atoms with Crippen molar-refractivity contribution in [2.45, 2.75) is 19.1 Å². The predicted octanol–water partition coefficient (Wildman–Crippen LogP) is 7.71. The molecule has 0 aromatic heterocycles. The van der Waals surface area contributed by atoms with Crippen molar-refractivity contribution in [1.29, 1.82) is 0 Å². The summed E-state index contributed by atoms with van der Waals surface area (Å²) >= 11 is 12.4. The standard InChI is InChI=1S/C35H26ClNO5S2/c36-28-15-10-26(11-16-28)22-42-29-17-13-27(14-18-29)31(38)19-12-23-6-8-25(9-7-23)21-32-33(39)37(35(43)44-32)30(34(40)41)20-24-4-2-1-3-5-24/h1-19,21,30H,20,22H2,(H,40,41)/b19-12+,32-21-. The van der Waals surface area contributed by atoms with Crippen molar-refractivity contribution in [2.24, 2.45) is 0 Å². The van der Waals surface area contributed by atoms with Crippen molar-refractivity contribution in [2.75, 3.05) is 0 Å². The molecule has 1 saturated heterocycles. The number of carboxylic acids is 1. The van der Waals surface area contributed by atoms with E-state index in [4.69, 9.17) is 28.6 Å². The van der Waals surface area contributed by atoms with Crippen molar-refractivity contribution in [3.8, 4) is 5.75 Å². The summed E-state index contributed by atoms with van der Waals surface area (Å²) in [5, 5.41) is 10.5. The Morgan fingerprint density at radius 1 is 0.886 bits per heavy atom. The maximum Gasteiger partial charge on any atom is 0.327 e. The SMILES string of the molecule is O=C(/C=C/c1ccc(/C=C2\SC(=S)N(C(Cc3ccccc3)C(=O)O)C2=O)cc1)c1ccc(OCc2ccc(Cl)cc2)cc1. The number of aliphatic carboxylic acids is 1. The average molecular weight is 640 g/mol. The summed E-state index contributed by atoms with van der Waals surface area (Å²) in [5.74, 6) is -1.04. The predicted molar refractivity (Wildman–Crippen MR) is 179 cm³/mol. The number of hydrogen-bond donors (Lipinski definition) is 1. The molecule has 4 aromatic carbocycles. The van der Waals surface area contributed by atoms with Gasteiger partial charge in [-0.05, 0) is 70.8 Å². The highest BCUT2D eigenvalue weighted by Crippen LogP contribution is 2.35. The fraction of sp³-hybridized carbons (Fsp3) is 0.0857. The Hall–Kier alpha value is -4.50. The highest BCUT2D eigenvalue weighted by Gasteiger charge is 2.40. The van der Waals surface area contributed by atoms with Crippen molar-refractivity contribution in [1.82, 2.24) is 4.90 Å². The van der Waals surface area contributed by atoms with Crippen LogP contribution in [-0.4, -0.2) is 38.0 Å². The van der Waals surface area contributed by atoms with Crippen LogP contribution in [0.2, 0.25) is 5.02 Å². The second-order valence-corrected chi connectivity index (χ2v) is 12.0. The van der Waals surface area contributed by atoms with Gasteiger partial charge in [-0.25, -0.2) is 4.79 Å². The third-order valence-electron chi connectivity index (χ3n) is 6.81. The fourth-order valence-electron chi connectivity index (χ4n) is 4.46. The van der Waals surface area contributed by atoms with Crippen LogP contribution >= 0.6 is 35.6 Å². The van der Waals surface area contributed by atoms with Crippen LogP contribution in [0.4, 0.5) is 0 Å².